The number of carbonyl (C=O) groups is 2. The third-order valence-corrected chi connectivity index (χ3v) is 12.9. The number of allylic oxidation sites excluding steroid dienone is 4. The zero-order chi connectivity index (χ0) is 29.7. The van der Waals surface area contributed by atoms with Gasteiger partial charge in [-0.2, -0.15) is 13.2 Å². The summed E-state index contributed by atoms with van der Waals surface area (Å²) in [6.07, 6.45) is -1.96. The van der Waals surface area contributed by atoms with Gasteiger partial charge in [0.2, 0.25) is 0 Å². The van der Waals surface area contributed by atoms with Crippen LogP contribution >= 0.6 is 23.1 Å². The lowest BCUT2D eigenvalue weighted by molar-refractivity contribution is -0.226. The van der Waals surface area contributed by atoms with Gasteiger partial charge in [0, 0.05) is 16.7 Å². The molecule has 224 valence electrons. The number of para-hydroxylation sites is 1. The number of nitrogens with zero attached hydrogens (tertiary/aromatic N) is 1. The van der Waals surface area contributed by atoms with Crippen molar-refractivity contribution >= 4 is 44.9 Å². The van der Waals surface area contributed by atoms with E-state index in [1.165, 1.54) is 23.1 Å². The van der Waals surface area contributed by atoms with Crippen LogP contribution in [0.4, 0.5) is 13.2 Å². The van der Waals surface area contributed by atoms with Gasteiger partial charge in [0.25, 0.3) is 0 Å². The average Bonchev–Trinajstić information content (AvgIpc) is 3.56. The van der Waals surface area contributed by atoms with Gasteiger partial charge in [0.15, 0.2) is 27.8 Å². The molecule has 1 N–H and O–H groups in total. The predicted octanol–water partition coefficient (Wildman–Crippen LogP) is 6.28. The number of aliphatic hydroxyl groups is 1. The van der Waals surface area contributed by atoms with Crippen LogP contribution in [0, 0.1) is 28.6 Å². The number of aliphatic hydroxyl groups excluding tert-OH is 1. The zero-order valence-corrected chi connectivity index (χ0v) is 24.9. The van der Waals surface area contributed by atoms with Crippen LogP contribution < -0.4 is 0 Å². The largest absolute Gasteiger partial charge is 0.393 e. The Hall–Kier alpha value is -2.05. The molecule has 11 heteroatoms. The Labute approximate surface area is 249 Å². The molecule has 4 aliphatic carbocycles. The number of hydrogen-bond donors (Lipinski definition) is 1. The Morgan fingerprint density at radius 2 is 2.05 bits per heavy atom. The van der Waals surface area contributed by atoms with E-state index in [0.29, 0.717) is 23.6 Å². The van der Waals surface area contributed by atoms with Gasteiger partial charge in [-0.15, -0.1) is 11.3 Å². The van der Waals surface area contributed by atoms with Crippen molar-refractivity contribution in [2.45, 2.75) is 80.6 Å². The molecule has 1 aliphatic heterocycles. The minimum absolute atomic E-state index is 0.0146. The molecule has 2 heterocycles. The molecule has 0 bridgehead atoms. The lowest BCUT2D eigenvalue weighted by Crippen LogP contribution is -2.63. The zero-order valence-electron chi connectivity index (χ0n) is 23.2. The number of aromatic nitrogens is 1. The van der Waals surface area contributed by atoms with Gasteiger partial charge in [0.05, 0.1) is 34.6 Å². The first kappa shape index (κ1) is 28.7. The van der Waals surface area contributed by atoms with Crippen molar-refractivity contribution in [1.29, 1.82) is 0 Å². The number of fused-ring (bicyclic) bond motifs is 8. The second-order valence-corrected chi connectivity index (χ2v) is 15.1. The van der Waals surface area contributed by atoms with Crippen molar-refractivity contribution in [2.24, 2.45) is 28.6 Å². The monoisotopic (exact) mass is 619 g/mol. The van der Waals surface area contributed by atoms with Crippen LogP contribution in [0.2, 0.25) is 0 Å². The summed E-state index contributed by atoms with van der Waals surface area (Å²) in [4.78, 5) is 31.1. The van der Waals surface area contributed by atoms with Crippen LogP contribution in [0.1, 0.15) is 46.0 Å². The summed E-state index contributed by atoms with van der Waals surface area (Å²) in [7, 11) is 0. The summed E-state index contributed by atoms with van der Waals surface area (Å²) in [6, 6.07) is 7.66. The van der Waals surface area contributed by atoms with Crippen LogP contribution in [-0.2, 0) is 19.1 Å². The summed E-state index contributed by atoms with van der Waals surface area (Å²) in [5.41, 5.74) is -1.22. The van der Waals surface area contributed by atoms with Gasteiger partial charge in [0.1, 0.15) is 0 Å². The third-order valence-electron chi connectivity index (χ3n) is 10.7. The standard InChI is InChI=1S/C31H32F3NO5S2/c1-28-10-9-17(36)11-16(28)7-8-18-19-12-24-31(29(19,2)13-21(37)26(18)28,40-25(39-24)14-30(32,33)34)23(38)15-41-27-35-20-5-3-4-6-22(20)42-27/h3-6,9-11,18-19,21,24-26,37H,7-8,12-15H2,1-2H3/t18?,19?,21-,24+,25?,26?,28?,29?,31+/m0/s1. The van der Waals surface area contributed by atoms with Crippen LogP contribution in [0.5, 0.6) is 0 Å². The van der Waals surface area contributed by atoms with Crippen molar-refractivity contribution in [2.75, 3.05) is 5.75 Å². The minimum atomic E-state index is -4.52. The first-order chi connectivity index (χ1) is 19.8. The van der Waals surface area contributed by atoms with Crippen LogP contribution in [-0.4, -0.2) is 57.7 Å². The van der Waals surface area contributed by atoms with E-state index in [2.05, 4.69) is 11.9 Å². The molecule has 42 heavy (non-hydrogen) atoms. The van der Waals surface area contributed by atoms with Gasteiger partial charge in [-0.1, -0.05) is 49.4 Å². The Morgan fingerprint density at radius 1 is 1.26 bits per heavy atom. The third kappa shape index (κ3) is 4.21. The first-order valence-electron chi connectivity index (χ1n) is 14.4. The topological polar surface area (TPSA) is 85.7 Å². The van der Waals surface area contributed by atoms with Crippen molar-refractivity contribution in [3.8, 4) is 0 Å². The van der Waals surface area contributed by atoms with E-state index in [0.717, 1.165) is 15.8 Å². The fraction of sp³-hybridized carbons (Fsp3) is 0.581. The lowest BCUT2D eigenvalue weighted by Gasteiger charge is -2.59. The Kier molecular flexibility index (Phi) is 6.65. The number of ether oxygens (including phenoxy) is 2. The molecule has 6 nitrogen and oxygen atoms in total. The average molecular weight is 620 g/mol. The molecular weight excluding hydrogens is 587 g/mol. The molecule has 7 rings (SSSR count). The maximum Gasteiger partial charge on any atom is 0.393 e. The number of ketones is 2. The second-order valence-electron chi connectivity index (χ2n) is 12.8. The van der Waals surface area contributed by atoms with E-state index in [4.69, 9.17) is 9.47 Å². The number of thioether (sulfide) groups is 1. The number of rotatable bonds is 5. The van der Waals surface area contributed by atoms with Gasteiger partial charge < -0.3 is 14.6 Å². The maximum atomic E-state index is 14.3. The number of halogens is 3. The molecule has 0 amide bonds. The highest BCUT2D eigenvalue weighted by Gasteiger charge is 2.76. The molecular formula is C31H32F3NO5S2. The minimum Gasteiger partial charge on any atom is -0.393 e. The molecule has 6 unspecified atom stereocenters. The number of hydrogen-bond acceptors (Lipinski definition) is 8. The Bertz CT molecular complexity index is 1490. The van der Waals surface area contributed by atoms with Gasteiger partial charge in [-0.05, 0) is 61.8 Å². The summed E-state index contributed by atoms with van der Waals surface area (Å²) in [5.74, 6) is -0.709. The maximum absolute atomic E-state index is 14.3. The Morgan fingerprint density at radius 3 is 2.81 bits per heavy atom. The van der Waals surface area contributed by atoms with Crippen molar-refractivity contribution < 1.29 is 37.3 Å². The molecule has 1 aromatic heterocycles. The van der Waals surface area contributed by atoms with Crippen LogP contribution in [0.3, 0.4) is 0 Å². The second kappa shape index (κ2) is 9.72. The van der Waals surface area contributed by atoms with E-state index >= 15 is 0 Å². The molecule has 0 spiro atoms. The van der Waals surface area contributed by atoms with Crippen LogP contribution in [0.15, 0.2) is 52.4 Å². The number of benzene rings is 1. The van der Waals surface area contributed by atoms with E-state index in [1.54, 1.807) is 12.2 Å². The fourth-order valence-electron chi connectivity index (χ4n) is 9.07. The highest BCUT2D eigenvalue weighted by molar-refractivity contribution is 8.01. The van der Waals surface area contributed by atoms with E-state index in [1.807, 2.05) is 37.3 Å². The molecule has 0 radical (unpaired) electrons. The van der Waals surface area contributed by atoms with Crippen molar-refractivity contribution in [3.05, 3.63) is 48.1 Å². The van der Waals surface area contributed by atoms with Gasteiger partial charge in [-0.3, -0.25) is 9.59 Å². The van der Waals surface area contributed by atoms with Crippen LogP contribution in [0.25, 0.3) is 10.2 Å². The highest BCUT2D eigenvalue weighted by atomic mass is 32.2. The summed E-state index contributed by atoms with van der Waals surface area (Å²) in [6.45, 7) is 3.97. The number of carbonyl (C=O) groups excluding carboxylic acids is 2. The number of thiazole rings is 1. The SMILES string of the molecule is CC12C=CC(=O)C=C1CCC1C2[C@@H](O)CC2(C)C1C[C@H]1OC(CC(F)(F)F)O[C@]12C(=O)CSc1nc2ccccc2s1. The molecule has 9 atom stereocenters. The highest BCUT2D eigenvalue weighted by Crippen LogP contribution is 2.70. The molecule has 4 fully saturated rings. The summed E-state index contributed by atoms with van der Waals surface area (Å²) in [5, 5.41) is 11.8. The van der Waals surface area contributed by atoms with Crippen molar-refractivity contribution in [1.82, 2.24) is 4.98 Å². The van der Waals surface area contributed by atoms with E-state index < -0.39 is 47.5 Å². The smallest absolute Gasteiger partial charge is 0.393 e. The summed E-state index contributed by atoms with van der Waals surface area (Å²) >= 11 is 2.73. The molecule has 5 aliphatic rings. The number of alkyl halides is 3. The molecule has 1 saturated heterocycles. The number of Topliss-reactive ketones (excluding diaryl/α,β-unsaturated/α-hetero) is 1. The lowest BCUT2D eigenvalue weighted by atomic mass is 9.46. The normalized spacial score (nSPS) is 40.8. The van der Waals surface area contributed by atoms with E-state index in [-0.39, 0.29) is 41.5 Å². The summed E-state index contributed by atoms with van der Waals surface area (Å²) < 4.78 is 54.3. The predicted molar refractivity (Wildman–Crippen MR) is 152 cm³/mol. The molecule has 3 saturated carbocycles. The molecule has 1 aromatic carbocycles. The quantitative estimate of drug-likeness (QED) is 0.395. The van der Waals surface area contributed by atoms with Crippen molar-refractivity contribution in [3.63, 3.8) is 0 Å². The first-order valence-corrected chi connectivity index (χ1v) is 16.2. The Balaban J connectivity index is 1.23. The molecule has 2 aromatic rings. The van der Waals surface area contributed by atoms with E-state index in [9.17, 15) is 27.9 Å². The van der Waals surface area contributed by atoms with Gasteiger partial charge >= 0.3 is 6.18 Å². The van der Waals surface area contributed by atoms with Gasteiger partial charge in [-0.25, -0.2) is 4.98 Å². The fourth-order valence-corrected chi connectivity index (χ4v) is 11.1.